The lowest BCUT2D eigenvalue weighted by atomic mass is 9.99. The molecule has 0 aliphatic rings. The van der Waals surface area contributed by atoms with Crippen LogP contribution in [0, 0.1) is 0 Å². The fourth-order valence-electron chi connectivity index (χ4n) is 2.22. The van der Waals surface area contributed by atoms with E-state index in [0.29, 0.717) is 0 Å². The zero-order valence-corrected chi connectivity index (χ0v) is 13.0. The van der Waals surface area contributed by atoms with Crippen LogP contribution in [0.2, 0.25) is 5.02 Å². The molecule has 2 rings (SSSR count). The standard InChI is InChI=1S/C18H21ClN2/c1-2-12-20-13-14-21-18(15-6-4-3-5-7-15)16-8-10-17(19)11-9-16/h2-12,18,20-21H,13-14H2,1H3. The Morgan fingerprint density at radius 3 is 2.29 bits per heavy atom. The average molecular weight is 301 g/mol. The quantitative estimate of drug-likeness (QED) is 0.751. The van der Waals surface area contributed by atoms with Crippen LogP contribution >= 0.6 is 11.6 Å². The first-order valence-corrected chi connectivity index (χ1v) is 7.57. The molecule has 0 aliphatic heterocycles. The van der Waals surface area contributed by atoms with Crippen molar-refractivity contribution in [3.05, 3.63) is 83.0 Å². The molecule has 0 saturated heterocycles. The first-order valence-electron chi connectivity index (χ1n) is 7.19. The summed E-state index contributed by atoms with van der Waals surface area (Å²) >= 11 is 5.99. The largest absolute Gasteiger partial charge is 0.390 e. The topological polar surface area (TPSA) is 24.1 Å². The number of nitrogens with one attached hydrogen (secondary N) is 2. The zero-order chi connectivity index (χ0) is 14.9. The third-order valence-electron chi connectivity index (χ3n) is 3.24. The fraction of sp³-hybridized carbons (Fsp3) is 0.222. The summed E-state index contributed by atoms with van der Waals surface area (Å²) < 4.78 is 0. The summed E-state index contributed by atoms with van der Waals surface area (Å²) in [7, 11) is 0. The minimum atomic E-state index is 0.177. The summed E-state index contributed by atoms with van der Waals surface area (Å²) in [5.74, 6) is 0. The van der Waals surface area contributed by atoms with Crippen molar-refractivity contribution in [1.82, 2.24) is 10.6 Å². The highest BCUT2D eigenvalue weighted by molar-refractivity contribution is 6.30. The Kier molecular flexibility index (Phi) is 6.32. The first-order chi connectivity index (χ1) is 10.3. The summed E-state index contributed by atoms with van der Waals surface area (Å²) in [6.45, 7) is 3.77. The SMILES string of the molecule is CC=CNCCNC(c1ccccc1)c1ccc(Cl)cc1. The Hall–Kier alpha value is -1.77. The average Bonchev–Trinajstić information content (AvgIpc) is 2.53. The van der Waals surface area contributed by atoms with E-state index in [2.05, 4.69) is 47.0 Å². The Balaban J connectivity index is 2.09. The van der Waals surface area contributed by atoms with Gasteiger partial charge in [-0.3, -0.25) is 0 Å². The molecular weight excluding hydrogens is 280 g/mol. The lowest BCUT2D eigenvalue weighted by Gasteiger charge is -2.20. The van der Waals surface area contributed by atoms with Gasteiger partial charge < -0.3 is 10.6 Å². The van der Waals surface area contributed by atoms with Crippen molar-refractivity contribution in [2.75, 3.05) is 13.1 Å². The van der Waals surface area contributed by atoms with Crippen LogP contribution in [0.15, 0.2) is 66.9 Å². The molecule has 1 unspecified atom stereocenters. The van der Waals surface area contributed by atoms with Crippen molar-refractivity contribution in [3.63, 3.8) is 0 Å². The molecule has 110 valence electrons. The minimum absolute atomic E-state index is 0.177. The molecule has 0 spiro atoms. The summed E-state index contributed by atoms with van der Waals surface area (Å²) in [5, 5.41) is 7.59. The third kappa shape index (κ3) is 4.92. The molecule has 0 heterocycles. The number of allylic oxidation sites excluding steroid dienone is 1. The Morgan fingerprint density at radius 2 is 1.62 bits per heavy atom. The molecule has 2 aromatic carbocycles. The predicted molar refractivity (Wildman–Crippen MR) is 90.6 cm³/mol. The van der Waals surface area contributed by atoms with Gasteiger partial charge in [0, 0.05) is 18.1 Å². The van der Waals surface area contributed by atoms with E-state index in [9.17, 15) is 0 Å². The Bertz CT molecular complexity index is 549. The second kappa shape index (κ2) is 8.50. The van der Waals surface area contributed by atoms with Crippen LogP contribution < -0.4 is 10.6 Å². The summed E-state index contributed by atoms with van der Waals surface area (Å²) in [5.41, 5.74) is 2.47. The molecule has 0 saturated carbocycles. The molecular formula is C18H21ClN2. The van der Waals surface area contributed by atoms with Crippen LogP contribution in [-0.4, -0.2) is 13.1 Å². The molecule has 2 aromatic rings. The summed E-state index contributed by atoms with van der Waals surface area (Å²) in [6, 6.07) is 18.7. The maximum Gasteiger partial charge on any atom is 0.0577 e. The van der Waals surface area contributed by atoms with E-state index in [1.165, 1.54) is 11.1 Å². The van der Waals surface area contributed by atoms with Gasteiger partial charge >= 0.3 is 0 Å². The van der Waals surface area contributed by atoms with Gasteiger partial charge in [0.15, 0.2) is 0 Å². The van der Waals surface area contributed by atoms with Gasteiger partial charge in [-0.25, -0.2) is 0 Å². The number of hydrogen-bond donors (Lipinski definition) is 2. The van der Waals surface area contributed by atoms with Crippen molar-refractivity contribution < 1.29 is 0 Å². The molecule has 21 heavy (non-hydrogen) atoms. The number of hydrogen-bond acceptors (Lipinski definition) is 2. The van der Waals surface area contributed by atoms with Gasteiger partial charge in [0.05, 0.1) is 6.04 Å². The van der Waals surface area contributed by atoms with Gasteiger partial charge in [-0.2, -0.15) is 0 Å². The molecule has 0 aliphatic carbocycles. The zero-order valence-electron chi connectivity index (χ0n) is 12.2. The van der Waals surface area contributed by atoms with Gasteiger partial charge in [-0.05, 0) is 36.4 Å². The van der Waals surface area contributed by atoms with E-state index in [-0.39, 0.29) is 6.04 Å². The minimum Gasteiger partial charge on any atom is -0.390 e. The first kappa shape index (κ1) is 15.6. The Labute approximate surface area is 131 Å². The highest BCUT2D eigenvalue weighted by Crippen LogP contribution is 2.23. The lowest BCUT2D eigenvalue weighted by molar-refractivity contribution is 0.594. The monoisotopic (exact) mass is 300 g/mol. The lowest BCUT2D eigenvalue weighted by Crippen LogP contribution is -2.29. The molecule has 0 aromatic heterocycles. The molecule has 1 atom stereocenters. The molecule has 3 heteroatoms. The van der Waals surface area contributed by atoms with E-state index in [1.807, 2.05) is 37.4 Å². The van der Waals surface area contributed by atoms with Crippen molar-refractivity contribution in [2.24, 2.45) is 0 Å². The smallest absolute Gasteiger partial charge is 0.0577 e. The molecule has 0 bridgehead atoms. The second-order valence-corrected chi connectivity index (χ2v) is 5.24. The van der Waals surface area contributed by atoms with Crippen LogP contribution in [0.5, 0.6) is 0 Å². The third-order valence-corrected chi connectivity index (χ3v) is 3.49. The van der Waals surface area contributed by atoms with Crippen molar-refractivity contribution in [3.8, 4) is 0 Å². The summed E-state index contributed by atoms with van der Waals surface area (Å²) in [4.78, 5) is 0. The highest BCUT2D eigenvalue weighted by atomic mass is 35.5. The van der Waals surface area contributed by atoms with Gasteiger partial charge in [-0.15, -0.1) is 0 Å². The van der Waals surface area contributed by atoms with Gasteiger partial charge in [0.1, 0.15) is 0 Å². The predicted octanol–water partition coefficient (Wildman–Crippen LogP) is 4.14. The molecule has 0 radical (unpaired) electrons. The second-order valence-electron chi connectivity index (χ2n) is 4.80. The Morgan fingerprint density at radius 1 is 0.952 bits per heavy atom. The maximum atomic E-state index is 5.99. The van der Waals surface area contributed by atoms with E-state index in [1.54, 1.807) is 0 Å². The van der Waals surface area contributed by atoms with Crippen molar-refractivity contribution in [1.29, 1.82) is 0 Å². The highest BCUT2D eigenvalue weighted by Gasteiger charge is 2.12. The van der Waals surface area contributed by atoms with Gasteiger partial charge in [-0.1, -0.05) is 60.1 Å². The van der Waals surface area contributed by atoms with Crippen molar-refractivity contribution >= 4 is 11.6 Å². The summed E-state index contributed by atoms with van der Waals surface area (Å²) in [6.07, 6.45) is 3.95. The van der Waals surface area contributed by atoms with E-state index in [0.717, 1.165) is 18.1 Å². The van der Waals surface area contributed by atoms with E-state index < -0.39 is 0 Å². The van der Waals surface area contributed by atoms with Gasteiger partial charge in [0.25, 0.3) is 0 Å². The normalized spacial score (nSPS) is 12.5. The maximum absolute atomic E-state index is 5.99. The molecule has 0 amide bonds. The molecule has 2 N–H and O–H groups in total. The van der Waals surface area contributed by atoms with E-state index >= 15 is 0 Å². The van der Waals surface area contributed by atoms with Crippen LogP contribution in [0.3, 0.4) is 0 Å². The van der Waals surface area contributed by atoms with Crippen LogP contribution in [-0.2, 0) is 0 Å². The van der Waals surface area contributed by atoms with Crippen LogP contribution in [0.25, 0.3) is 0 Å². The fourth-order valence-corrected chi connectivity index (χ4v) is 2.34. The van der Waals surface area contributed by atoms with Crippen molar-refractivity contribution in [2.45, 2.75) is 13.0 Å². The number of halogens is 1. The molecule has 0 fully saturated rings. The van der Waals surface area contributed by atoms with Crippen LogP contribution in [0.1, 0.15) is 24.1 Å². The van der Waals surface area contributed by atoms with Crippen LogP contribution in [0.4, 0.5) is 0 Å². The van der Waals surface area contributed by atoms with E-state index in [4.69, 9.17) is 11.6 Å². The number of rotatable bonds is 7. The van der Waals surface area contributed by atoms with Gasteiger partial charge in [0.2, 0.25) is 0 Å². The molecule has 2 nitrogen and oxygen atoms in total. The number of benzene rings is 2.